The van der Waals surface area contributed by atoms with E-state index < -0.39 is 5.41 Å². The zero-order chi connectivity index (χ0) is 14.2. The normalized spacial score (nSPS) is 16.5. The summed E-state index contributed by atoms with van der Waals surface area (Å²) in [6.07, 6.45) is 5.62. The number of hydrogen-bond donors (Lipinski definition) is 1. The van der Waals surface area contributed by atoms with E-state index in [4.69, 9.17) is 0 Å². The SMILES string of the molecule is Cn1cc(NC(=O)C2(c3ccccc3F)CCC2)cn1. The van der Waals surface area contributed by atoms with Gasteiger partial charge in [0.15, 0.2) is 0 Å². The predicted octanol–water partition coefficient (Wildman–Crippen LogP) is 2.62. The average Bonchev–Trinajstić information content (AvgIpc) is 2.76. The van der Waals surface area contributed by atoms with Gasteiger partial charge < -0.3 is 5.32 Å². The summed E-state index contributed by atoms with van der Waals surface area (Å²) in [5, 5.41) is 6.86. The number of carbonyl (C=O) groups is 1. The van der Waals surface area contributed by atoms with Crippen LogP contribution in [0.15, 0.2) is 36.7 Å². The Bertz CT molecular complexity index is 646. The predicted molar refractivity (Wildman–Crippen MR) is 73.8 cm³/mol. The second-order valence-corrected chi connectivity index (χ2v) is 5.27. The van der Waals surface area contributed by atoms with Crippen LogP contribution >= 0.6 is 0 Å². The molecule has 1 fully saturated rings. The van der Waals surface area contributed by atoms with Gasteiger partial charge >= 0.3 is 0 Å². The molecule has 1 N–H and O–H groups in total. The van der Waals surface area contributed by atoms with Gasteiger partial charge in [-0.15, -0.1) is 0 Å². The summed E-state index contributed by atoms with van der Waals surface area (Å²) < 4.78 is 15.6. The highest BCUT2D eigenvalue weighted by Gasteiger charge is 2.47. The third-order valence-electron chi connectivity index (χ3n) is 3.99. The highest BCUT2D eigenvalue weighted by molar-refractivity contribution is 5.99. The number of amides is 1. The molecule has 0 spiro atoms. The zero-order valence-electron chi connectivity index (χ0n) is 11.3. The molecule has 20 heavy (non-hydrogen) atoms. The van der Waals surface area contributed by atoms with Crippen molar-refractivity contribution in [2.45, 2.75) is 24.7 Å². The number of anilines is 1. The van der Waals surface area contributed by atoms with E-state index in [1.54, 1.807) is 42.3 Å². The first kappa shape index (κ1) is 12.8. The van der Waals surface area contributed by atoms with E-state index in [-0.39, 0.29) is 11.7 Å². The molecule has 1 aliphatic carbocycles. The minimum absolute atomic E-state index is 0.151. The van der Waals surface area contributed by atoms with E-state index in [9.17, 15) is 9.18 Å². The van der Waals surface area contributed by atoms with E-state index in [0.29, 0.717) is 24.1 Å². The Morgan fingerprint density at radius 1 is 1.40 bits per heavy atom. The van der Waals surface area contributed by atoms with Gasteiger partial charge in [-0.3, -0.25) is 9.48 Å². The molecule has 0 atom stereocenters. The Kier molecular flexibility index (Phi) is 3.04. The number of carbonyl (C=O) groups excluding carboxylic acids is 1. The van der Waals surface area contributed by atoms with Crippen LogP contribution in [0.3, 0.4) is 0 Å². The number of rotatable bonds is 3. The lowest BCUT2D eigenvalue weighted by Gasteiger charge is -2.40. The molecule has 1 saturated carbocycles. The van der Waals surface area contributed by atoms with E-state index in [1.807, 2.05) is 0 Å². The lowest BCUT2D eigenvalue weighted by atomic mass is 9.63. The molecule has 4 nitrogen and oxygen atoms in total. The van der Waals surface area contributed by atoms with E-state index in [2.05, 4.69) is 10.4 Å². The fourth-order valence-corrected chi connectivity index (χ4v) is 2.73. The smallest absolute Gasteiger partial charge is 0.235 e. The molecule has 1 aliphatic rings. The van der Waals surface area contributed by atoms with Crippen molar-refractivity contribution in [3.63, 3.8) is 0 Å². The summed E-state index contributed by atoms with van der Waals surface area (Å²) >= 11 is 0. The van der Waals surface area contributed by atoms with Gasteiger partial charge in [0.1, 0.15) is 5.82 Å². The molecular formula is C15H16FN3O. The first-order chi connectivity index (χ1) is 9.62. The average molecular weight is 273 g/mol. The molecule has 5 heteroatoms. The molecule has 3 rings (SSSR count). The summed E-state index contributed by atoms with van der Waals surface area (Å²) in [4.78, 5) is 12.6. The molecule has 0 radical (unpaired) electrons. The number of aromatic nitrogens is 2. The van der Waals surface area contributed by atoms with Crippen molar-refractivity contribution in [1.82, 2.24) is 9.78 Å². The second-order valence-electron chi connectivity index (χ2n) is 5.27. The second kappa shape index (κ2) is 4.74. The Hall–Kier alpha value is -2.17. The topological polar surface area (TPSA) is 46.9 Å². The molecule has 104 valence electrons. The van der Waals surface area contributed by atoms with Gasteiger partial charge in [0.05, 0.1) is 17.3 Å². The van der Waals surface area contributed by atoms with Crippen LogP contribution in [0.4, 0.5) is 10.1 Å². The van der Waals surface area contributed by atoms with Crippen molar-refractivity contribution in [2.24, 2.45) is 7.05 Å². The summed E-state index contributed by atoms with van der Waals surface area (Å²) in [7, 11) is 1.78. The van der Waals surface area contributed by atoms with Crippen LogP contribution in [-0.2, 0) is 17.3 Å². The van der Waals surface area contributed by atoms with E-state index >= 15 is 0 Å². The molecule has 0 aliphatic heterocycles. The van der Waals surface area contributed by atoms with Crippen molar-refractivity contribution in [3.05, 3.63) is 48.0 Å². The van der Waals surface area contributed by atoms with Gasteiger partial charge in [-0.25, -0.2) is 4.39 Å². The highest BCUT2D eigenvalue weighted by Crippen LogP contribution is 2.45. The van der Waals surface area contributed by atoms with Gasteiger partial charge in [-0.2, -0.15) is 5.10 Å². The quantitative estimate of drug-likeness (QED) is 0.934. The van der Waals surface area contributed by atoms with Gasteiger partial charge in [-0.05, 0) is 18.9 Å². The number of hydrogen-bond acceptors (Lipinski definition) is 2. The zero-order valence-corrected chi connectivity index (χ0v) is 11.3. The summed E-state index contributed by atoms with van der Waals surface area (Å²) in [5.74, 6) is -0.463. The maximum absolute atomic E-state index is 14.0. The molecule has 0 saturated heterocycles. The molecule has 1 heterocycles. The third-order valence-corrected chi connectivity index (χ3v) is 3.99. The summed E-state index contributed by atoms with van der Waals surface area (Å²) in [6.45, 7) is 0. The Morgan fingerprint density at radius 2 is 2.15 bits per heavy atom. The number of nitrogens with zero attached hydrogens (tertiary/aromatic N) is 2. The molecular weight excluding hydrogens is 257 g/mol. The first-order valence-corrected chi connectivity index (χ1v) is 6.67. The Morgan fingerprint density at radius 3 is 2.70 bits per heavy atom. The van der Waals surface area contributed by atoms with E-state index in [1.165, 1.54) is 6.07 Å². The third kappa shape index (κ3) is 1.99. The largest absolute Gasteiger partial charge is 0.323 e. The van der Waals surface area contributed by atoms with Crippen molar-refractivity contribution < 1.29 is 9.18 Å². The maximum atomic E-state index is 14.0. The van der Waals surface area contributed by atoms with Crippen molar-refractivity contribution in [1.29, 1.82) is 0 Å². The minimum atomic E-state index is -0.735. The molecule has 1 aromatic carbocycles. The number of nitrogens with one attached hydrogen (secondary N) is 1. The molecule has 0 unspecified atom stereocenters. The highest BCUT2D eigenvalue weighted by atomic mass is 19.1. The van der Waals surface area contributed by atoms with Crippen molar-refractivity contribution >= 4 is 11.6 Å². The van der Waals surface area contributed by atoms with Crippen LogP contribution < -0.4 is 5.32 Å². The lowest BCUT2D eigenvalue weighted by molar-refractivity contribution is -0.124. The van der Waals surface area contributed by atoms with Crippen LogP contribution in [0.5, 0.6) is 0 Å². The van der Waals surface area contributed by atoms with Gasteiger partial charge in [0.2, 0.25) is 5.91 Å². The van der Waals surface area contributed by atoms with Crippen molar-refractivity contribution in [2.75, 3.05) is 5.32 Å². The summed E-state index contributed by atoms with van der Waals surface area (Å²) in [6, 6.07) is 6.53. The Balaban J connectivity index is 1.89. The monoisotopic (exact) mass is 273 g/mol. The summed E-state index contributed by atoms with van der Waals surface area (Å²) in [5.41, 5.74) is 0.397. The molecule has 1 aromatic heterocycles. The molecule has 1 amide bonds. The molecule has 0 bridgehead atoms. The number of halogens is 1. The Labute approximate surface area is 116 Å². The number of benzene rings is 1. The number of aryl methyl sites for hydroxylation is 1. The van der Waals surface area contributed by atoms with E-state index in [0.717, 1.165) is 6.42 Å². The maximum Gasteiger partial charge on any atom is 0.235 e. The fourth-order valence-electron chi connectivity index (χ4n) is 2.73. The van der Waals surface area contributed by atoms with Crippen LogP contribution in [0.2, 0.25) is 0 Å². The first-order valence-electron chi connectivity index (χ1n) is 6.67. The van der Waals surface area contributed by atoms with Crippen LogP contribution in [0, 0.1) is 5.82 Å². The van der Waals surface area contributed by atoms with Crippen LogP contribution in [-0.4, -0.2) is 15.7 Å². The van der Waals surface area contributed by atoms with Gasteiger partial charge in [0, 0.05) is 18.8 Å². The van der Waals surface area contributed by atoms with Gasteiger partial charge in [-0.1, -0.05) is 24.6 Å². The lowest BCUT2D eigenvalue weighted by Crippen LogP contribution is -2.46. The van der Waals surface area contributed by atoms with Crippen LogP contribution in [0.1, 0.15) is 24.8 Å². The van der Waals surface area contributed by atoms with Crippen molar-refractivity contribution in [3.8, 4) is 0 Å². The minimum Gasteiger partial charge on any atom is -0.323 e. The van der Waals surface area contributed by atoms with Crippen LogP contribution in [0.25, 0.3) is 0 Å². The van der Waals surface area contributed by atoms with Gasteiger partial charge in [0.25, 0.3) is 0 Å². The molecule has 2 aromatic rings. The standard InChI is InChI=1S/C15H16FN3O/c1-19-10-11(9-17-19)18-14(20)15(7-4-8-15)12-5-2-3-6-13(12)16/h2-3,5-6,9-10H,4,7-8H2,1H3,(H,18,20). The fraction of sp³-hybridized carbons (Fsp3) is 0.333.